The minimum absolute atomic E-state index is 0.293. The molecule has 0 spiro atoms. The lowest BCUT2D eigenvalue weighted by Gasteiger charge is -2.08. The normalized spacial score (nSPS) is 10.3. The molecule has 6 nitrogen and oxygen atoms in total. The lowest BCUT2D eigenvalue weighted by atomic mass is 10.2. The maximum absolute atomic E-state index is 12.2. The Bertz CT molecular complexity index is 825. The van der Waals surface area contributed by atoms with Crippen LogP contribution in [0.2, 0.25) is 0 Å². The molecule has 3 rings (SSSR count). The summed E-state index contributed by atoms with van der Waals surface area (Å²) in [7, 11) is 0. The van der Waals surface area contributed by atoms with Crippen molar-refractivity contribution in [1.29, 1.82) is 0 Å². The van der Waals surface area contributed by atoms with Crippen molar-refractivity contribution in [2.24, 2.45) is 0 Å². The average Bonchev–Trinajstić information content (AvgIpc) is 2.95. The van der Waals surface area contributed by atoms with E-state index in [-0.39, 0.29) is 5.91 Å². The number of anilines is 3. The van der Waals surface area contributed by atoms with E-state index in [1.54, 1.807) is 25.3 Å². The maximum atomic E-state index is 12.2. The van der Waals surface area contributed by atoms with Gasteiger partial charge in [0.05, 0.1) is 17.4 Å². The Morgan fingerprint density at radius 3 is 2.52 bits per heavy atom. The molecule has 0 radical (unpaired) electrons. The molecule has 2 N–H and O–H groups in total. The van der Waals surface area contributed by atoms with Crippen LogP contribution in [-0.2, 0) is 0 Å². The highest BCUT2D eigenvalue weighted by Gasteiger charge is 2.10. The van der Waals surface area contributed by atoms with Gasteiger partial charge in [0.2, 0.25) is 0 Å². The van der Waals surface area contributed by atoms with Gasteiger partial charge in [0.1, 0.15) is 5.76 Å². The summed E-state index contributed by atoms with van der Waals surface area (Å²) in [5, 5.41) is 9.62. The summed E-state index contributed by atoms with van der Waals surface area (Å²) in [6.07, 6.45) is 3.17. The van der Waals surface area contributed by atoms with Gasteiger partial charge in [-0.25, -0.2) is 0 Å². The quantitative estimate of drug-likeness (QED) is 0.768. The predicted octanol–water partition coefficient (Wildman–Crippen LogP) is 3.68. The summed E-state index contributed by atoms with van der Waals surface area (Å²) in [6.45, 7) is 3.79. The topological polar surface area (TPSA) is 80.0 Å². The first kappa shape index (κ1) is 14.8. The van der Waals surface area contributed by atoms with Crippen LogP contribution in [0, 0.1) is 13.8 Å². The molecule has 0 atom stereocenters. The number of pyridine rings is 1. The summed E-state index contributed by atoms with van der Waals surface area (Å²) in [5.74, 6) is 0.718. The minimum atomic E-state index is -0.293. The summed E-state index contributed by atoms with van der Waals surface area (Å²) in [5.41, 5.74) is 3.28. The van der Waals surface area contributed by atoms with Crippen LogP contribution < -0.4 is 10.6 Å². The monoisotopic (exact) mass is 308 g/mol. The number of hydrogen-bond donors (Lipinski definition) is 2. The van der Waals surface area contributed by atoms with Crippen LogP contribution in [-0.4, -0.2) is 16.0 Å². The molecular formula is C17H16N4O2. The fraction of sp³-hybridized carbons (Fsp3) is 0.118. The van der Waals surface area contributed by atoms with Crippen molar-refractivity contribution in [2.45, 2.75) is 13.8 Å². The van der Waals surface area contributed by atoms with E-state index in [0.29, 0.717) is 17.1 Å². The summed E-state index contributed by atoms with van der Waals surface area (Å²) in [6, 6.07) is 11.4. The van der Waals surface area contributed by atoms with E-state index >= 15 is 0 Å². The van der Waals surface area contributed by atoms with Gasteiger partial charge in [-0.15, -0.1) is 0 Å². The lowest BCUT2D eigenvalue weighted by Crippen LogP contribution is -2.12. The molecule has 0 aliphatic heterocycles. The van der Waals surface area contributed by atoms with Crippen molar-refractivity contribution in [3.8, 4) is 0 Å². The molecule has 0 saturated carbocycles. The lowest BCUT2D eigenvalue weighted by molar-refractivity contribution is 0.102. The summed E-state index contributed by atoms with van der Waals surface area (Å²) >= 11 is 0. The Morgan fingerprint density at radius 2 is 1.83 bits per heavy atom. The second-order valence-electron chi connectivity index (χ2n) is 5.23. The molecule has 0 unspecified atom stereocenters. The highest BCUT2D eigenvalue weighted by molar-refractivity contribution is 6.04. The fourth-order valence-corrected chi connectivity index (χ4v) is 2.05. The molecule has 116 valence electrons. The van der Waals surface area contributed by atoms with Gasteiger partial charge in [0.15, 0.2) is 5.82 Å². The van der Waals surface area contributed by atoms with E-state index in [4.69, 9.17) is 4.52 Å². The van der Waals surface area contributed by atoms with E-state index in [1.165, 1.54) is 11.8 Å². The van der Waals surface area contributed by atoms with E-state index in [0.717, 1.165) is 11.4 Å². The number of aryl methyl sites for hydroxylation is 2. The van der Waals surface area contributed by atoms with Crippen molar-refractivity contribution >= 4 is 23.1 Å². The van der Waals surface area contributed by atoms with Crippen molar-refractivity contribution in [2.75, 3.05) is 10.6 Å². The number of carbonyl (C=O) groups excluding carboxylic acids is 1. The number of hydrogen-bond acceptors (Lipinski definition) is 5. The Labute approximate surface area is 133 Å². The van der Waals surface area contributed by atoms with Crippen LogP contribution in [0.1, 0.15) is 21.7 Å². The zero-order valence-electron chi connectivity index (χ0n) is 12.8. The second-order valence-corrected chi connectivity index (χ2v) is 5.23. The van der Waals surface area contributed by atoms with Gasteiger partial charge >= 0.3 is 0 Å². The third-order valence-corrected chi connectivity index (χ3v) is 3.21. The van der Waals surface area contributed by atoms with Gasteiger partial charge < -0.3 is 15.2 Å². The van der Waals surface area contributed by atoms with Crippen LogP contribution in [0.4, 0.5) is 17.2 Å². The van der Waals surface area contributed by atoms with Crippen LogP contribution in [0.15, 0.2) is 53.3 Å². The van der Waals surface area contributed by atoms with Crippen LogP contribution >= 0.6 is 0 Å². The molecule has 23 heavy (non-hydrogen) atoms. The predicted molar refractivity (Wildman–Crippen MR) is 87.9 cm³/mol. The SMILES string of the molecule is Cc1ccc(Nc2cncc(C(=O)Nc3cc(C)on3)c2)cc1. The third kappa shape index (κ3) is 3.74. The van der Waals surface area contributed by atoms with Crippen molar-refractivity contribution < 1.29 is 9.32 Å². The summed E-state index contributed by atoms with van der Waals surface area (Å²) in [4.78, 5) is 16.3. The molecule has 2 heterocycles. The molecule has 0 aliphatic carbocycles. The first-order valence-electron chi connectivity index (χ1n) is 7.13. The Kier molecular flexibility index (Phi) is 4.05. The Morgan fingerprint density at radius 1 is 1.04 bits per heavy atom. The molecule has 6 heteroatoms. The second kappa shape index (κ2) is 6.31. The molecular weight excluding hydrogens is 292 g/mol. The van der Waals surface area contributed by atoms with Crippen LogP contribution in [0.3, 0.4) is 0 Å². The zero-order chi connectivity index (χ0) is 16.2. The minimum Gasteiger partial charge on any atom is -0.360 e. The van der Waals surface area contributed by atoms with E-state index in [1.807, 2.05) is 31.2 Å². The standard InChI is InChI=1S/C17H16N4O2/c1-11-3-5-14(6-4-11)19-15-8-13(9-18-10-15)17(22)20-16-7-12(2)23-21-16/h3-10,19H,1-2H3,(H,20,21,22). The number of nitrogens with one attached hydrogen (secondary N) is 2. The number of carbonyl (C=O) groups is 1. The van der Waals surface area contributed by atoms with Gasteiger partial charge in [-0.3, -0.25) is 9.78 Å². The molecule has 0 saturated heterocycles. The Hall–Kier alpha value is -3.15. The van der Waals surface area contributed by atoms with E-state index < -0.39 is 0 Å². The van der Waals surface area contributed by atoms with Gasteiger partial charge in [-0.1, -0.05) is 22.9 Å². The number of aromatic nitrogens is 2. The molecule has 0 fully saturated rings. The summed E-state index contributed by atoms with van der Waals surface area (Å²) < 4.78 is 4.92. The molecule has 2 aromatic heterocycles. The molecule has 1 amide bonds. The van der Waals surface area contributed by atoms with E-state index in [9.17, 15) is 4.79 Å². The number of rotatable bonds is 4. The third-order valence-electron chi connectivity index (χ3n) is 3.21. The smallest absolute Gasteiger partial charge is 0.258 e. The number of amides is 1. The Balaban J connectivity index is 1.73. The average molecular weight is 308 g/mol. The van der Waals surface area contributed by atoms with Gasteiger partial charge in [0, 0.05) is 18.0 Å². The largest absolute Gasteiger partial charge is 0.360 e. The zero-order valence-corrected chi connectivity index (χ0v) is 12.8. The first-order valence-corrected chi connectivity index (χ1v) is 7.13. The molecule has 0 bridgehead atoms. The highest BCUT2D eigenvalue weighted by Crippen LogP contribution is 2.18. The van der Waals surface area contributed by atoms with Crippen LogP contribution in [0.5, 0.6) is 0 Å². The van der Waals surface area contributed by atoms with Crippen molar-refractivity contribution in [1.82, 2.24) is 10.1 Å². The van der Waals surface area contributed by atoms with Crippen molar-refractivity contribution in [3.63, 3.8) is 0 Å². The number of benzene rings is 1. The molecule has 3 aromatic rings. The van der Waals surface area contributed by atoms with E-state index in [2.05, 4.69) is 20.8 Å². The fourth-order valence-electron chi connectivity index (χ4n) is 2.05. The van der Waals surface area contributed by atoms with Crippen LogP contribution in [0.25, 0.3) is 0 Å². The maximum Gasteiger partial charge on any atom is 0.258 e. The molecule has 0 aliphatic rings. The molecule has 1 aromatic carbocycles. The number of nitrogens with zero attached hydrogens (tertiary/aromatic N) is 2. The van der Waals surface area contributed by atoms with Gasteiger partial charge in [-0.05, 0) is 32.0 Å². The van der Waals surface area contributed by atoms with Gasteiger partial charge in [0.25, 0.3) is 5.91 Å². The van der Waals surface area contributed by atoms with Gasteiger partial charge in [-0.2, -0.15) is 0 Å². The highest BCUT2D eigenvalue weighted by atomic mass is 16.5. The van der Waals surface area contributed by atoms with Crippen molar-refractivity contribution in [3.05, 3.63) is 65.7 Å². The first-order chi connectivity index (χ1) is 11.1.